The maximum Gasteiger partial charge on any atom is 0.257 e. The predicted octanol–water partition coefficient (Wildman–Crippen LogP) is 1.43. The number of benzene rings is 1. The van der Waals surface area contributed by atoms with E-state index in [2.05, 4.69) is 5.32 Å². The van der Waals surface area contributed by atoms with Crippen LogP contribution in [0.3, 0.4) is 0 Å². The third-order valence-corrected chi connectivity index (χ3v) is 2.13. The fraction of sp³-hybridized carbons (Fsp3) is 0.364. The van der Waals surface area contributed by atoms with Crippen molar-refractivity contribution >= 4 is 5.91 Å². The SMILES string of the molecule is CNC(=O)COc1ccc(C)c(C)c1. The molecule has 3 nitrogen and oxygen atoms in total. The number of likely N-dealkylation sites (N-methyl/N-ethyl adjacent to an activating group) is 1. The average Bonchev–Trinajstić information content (AvgIpc) is 2.19. The molecule has 1 aromatic carbocycles. The topological polar surface area (TPSA) is 38.3 Å². The Labute approximate surface area is 84.1 Å². The Kier molecular flexibility index (Phi) is 3.51. The molecule has 14 heavy (non-hydrogen) atoms. The second kappa shape index (κ2) is 4.65. The molecule has 0 fully saturated rings. The molecule has 0 radical (unpaired) electrons. The molecule has 0 aliphatic heterocycles. The molecule has 1 rings (SSSR count). The largest absolute Gasteiger partial charge is 0.484 e. The first kappa shape index (κ1) is 10.6. The van der Waals surface area contributed by atoms with Gasteiger partial charge in [0, 0.05) is 7.05 Å². The van der Waals surface area contributed by atoms with Crippen LogP contribution in [0.25, 0.3) is 0 Å². The summed E-state index contributed by atoms with van der Waals surface area (Å²) in [7, 11) is 1.59. The highest BCUT2D eigenvalue weighted by atomic mass is 16.5. The lowest BCUT2D eigenvalue weighted by Crippen LogP contribution is -2.24. The summed E-state index contributed by atoms with van der Waals surface area (Å²) < 4.78 is 5.28. The van der Waals surface area contributed by atoms with Crippen LogP contribution in [0.5, 0.6) is 5.75 Å². The molecule has 3 heteroatoms. The molecule has 76 valence electrons. The number of carbonyl (C=O) groups is 1. The fourth-order valence-electron chi connectivity index (χ4n) is 1.02. The van der Waals surface area contributed by atoms with Crippen LogP contribution >= 0.6 is 0 Å². The van der Waals surface area contributed by atoms with Crippen LogP contribution in [-0.2, 0) is 4.79 Å². The number of hydrogen-bond donors (Lipinski definition) is 1. The first-order valence-electron chi connectivity index (χ1n) is 4.54. The summed E-state index contributed by atoms with van der Waals surface area (Å²) in [5, 5.41) is 2.50. The number of carbonyl (C=O) groups excluding carboxylic acids is 1. The van der Waals surface area contributed by atoms with Gasteiger partial charge >= 0.3 is 0 Å². The molecule has 0 bridgehead atoms. The molecule has 0 aliphatic rings. The maximum absolute atomic E-state index is 10.9. The lowest BCUT2D eigenvalue weighted by molar-refractivity contribution is -0.122. The molecule has 1 aromatic rings. The smallest absolute Gasteiger partial charge is 0.257 e. The summed E-state index contributed by atoms with van der Waals surface area (Å²) in [6, 6.07) is 5.78. The van der Waals surface area contributed by atoms with E-state index in [4.69, 9.17) is 4.74 Å². The van der Waals surface area contributed by atoms with Gasteiger partial charge in [0.05, 0.1) is 0 Å². The Bertz CT molecular complexity index is 334. The average molecular weight is 193 g/mol. The highest BCUT2D eigenvalue weighted by Gasteiger charge is 2.00. The molecule has 1 N–H and O–H groups in total. The second-order valence-corrected chi connectivity index (χ2v) is 3.21. The number of nitrogens with one attached hydrogen (secondary N) is 1. The monoisotopic (exact) mass is 193 g/mol. The quantitative estimate of drug-likeness (QED) is 0.788. The minimum atomic E-state index is -0.122. The summed E-state index contributed by atoms with van der Waals surface area (Å²) in [5.74, 6) is 0.611. The molecule has 0 heterocycles. The van der Waals surface area contributed by atoms with Crippen molar-refractivity contribution in [1.82, 2.24) is 5.32 Å². The summed E-state index contributed by atoms with van der Waals surface area (Å²) in [6.07, 6.45) is 0. The van der Waals surface area contributed by atoms with Crippen molar-refractivity contribution < 1.29 is 9.53 Å². The summed E-state index contributed by atoms with van der Waals surface area (Å²) >= 11 is 0. The van der Waals surface area contributed by atoms with Crippen molar-refractivity contribution in [2.45, 2.75) is 13.8 Å². The van der Waals surface area contributed by atoms with Crippen LogP contribution in [0.1, 0.15) is 11.1 Å². The molecule has 0 saturated heterocycles. The van der Waals surface area contributed by atoms with Gasteiger partial charge in [-0.05, 0) is 37.1 Å². The van der Waals surface area contributed by atoms with Crippen LogP contribution in [0.15, 0.2) is 18.2 Å². The van der Waals surface area contributed by atoms with Gasteiger partial charge in [-0.2, -0.15) is 0 Å². The van der Waals surface area contributed by atoms with E-state index < -0.39 is 0 Å². The molecule has 1 amide bonds. The number of ether oxygens (including phenoxy) is 1. The molecule has 0 spiro atoms. The van der Waals surface area contributed by atoms with Gasteiger partial charge in [0.2, 0.25) is 0 Å². The van der Waals surface area contributed by atoms with Gasteiger partial charge in [-0.1, -0.05) is 6.07 Å². The van der Waals surface area contributed by atoms with Gasteiger partial charge < -0.3 is 10.1 Å². The Hall–Kier alpha value is -1.51. The molecular formula is C11H15NO2. The van der Waals surface area contributed by atoms with E-state index in [1.807, 2.05) is 32.0 Å². The zero-order chi connectivity index (χ0) is 10.6. The van der Waals surface area contributed by atoms with E-state index in [1.165, 1.54) is 11.1 Å². The number of hydrogen-bond acceptors (Lipinski definition) is 2. The van der Waals surface area contributed by atoms with Crippen LogP contribution in [0, 0.1) is 13.8 Å². The Balaban J connectivity index is 2.60. The van der Waals surface area contributed by atoms with Gasteiger partial charge in [-0.15, -0.1) is 0 Å². The van der Waals surface area contributed by atoms with E-state index >= 15 is 0 Å². The summed E-state index contributed by atoms with van der Waals surface area (Å²) in [4.78, 5) is 10.9. The van der Waals surface area contributed by atoms with Crippen LogP contribution in [-0.4, -0.2) is 19.6 Å². The number of amides is 1. The van der Waals surface area contributed by atoms with Crippen LogP contribution in [0.2, 0.25) is 0 Å². The third-order valence-electron chi connectivity index (χ3n) is 2.13. The minimum Gasteiger partial charge on any atom is -0.484 e. The van der Waals surface area contributed by atoms with Gasteiger partial charge in [-0.25, -0.2) is 0 Å². The van der Waals surface area contributed by atoms with E-state index in [1.54, 1.807) is 7.05 Å². The molecule has 0 aromatic heterocycles. The highest BCUT2D eigenvalue weighted by Crippen LogP contribution is 2.15. The van der Waals surface area contributed by atoms with Crippen molar-refractivity contribution in [2.24, 2.45) is 0 Å². The maximum atomic E-state index is 10.9. The molecule has 0 aliphatic carbocycles. The number of aryl methyl sites for hydroxylation is 2. The Morgan fingerprint density at radius 3 is 2.64 bits per heavy atom. The Morgan fingerprint density at radius 1 is 1.36 bits per heavy atom. The van der Waals surface area contributed by atoms with Crippen molar-refractivity contribution in [2.75, 3.05) is 13.7 Å². The fourth-order valence-corrected chi connectivity index (χ4v) is 1.02. The van der Waals surface area contributed by atoms with Gasteiger partial charge in [0.25, 0.3) is 5.91 Å². The van der Waals surface area contributed by atoms with Gasteiger partial charge in [-0.3, -0.25) is 4.79 Å². The van der Waals surface area contributed by atoms with Crippen LogP contribution in [0.4, 0.5) is 0 Å². The Morgan fingerprint density at radius 2 is 2.07 bits per heavy atom. The normalized spacial score (nSPS) is 9.64. The zero-order valence-electron chi connectivity index (χ0n) is 8.76. The first-order valence-corrected chi connectivity index (χ1v) is 4.54. The van der Waals surface area contributed by atoms with Crippen LogP contribution < -0.4 is 10.1 Å². The van der Waals surface area contributed by atoms with Crippen molar-refractivity contribution in [1.29, 1.82) is 0 Å². The van der Waals surface area contributed by atoms with E-state index in [0.29, 0.717) is 0 Å². The molecule has 0 saturated carbocycles. The molecule has 0 unspecified atom stereocenters. The van der Waals surface area contributed by atoms with Crippen molar-refractivity contribution in [3.05, 3.63) is 29.3 Å². The molecule has 0 atom stereocenters. The number of rotatable bonds is 3. The highest BCUT2D eigenvalue weighted by molar-refractivity contribution is 5.77. The minimum absolute atomic E-state index is 0.0685. The van der Waals surface area contributed by atoms with Crippen molar-refractivity contribution in [3.8, 4) is 5.75 Å². The third kappa shape index (κ3) is 2.76. The molecular weight excluding hydrogens is 178 g/mol. The lowest BCUT2D eigenvalue weighted by Gasteiger charge is -2.07. The van der Waals surface area contributed by atoms with Gasteiger partial charge in [0.1, 0.15) is 5.75 Å². The summed E-state index contributed by atoms with van der Waals surface area (Å²) in [6.45, 7) is 4.12. The van der Waals surface area contributed by atoms with E-state index in [-0.39, 0.29) is 12.5 Å². The van der Waals surface area contributed by atoms with Crippen molar-refractivity contribution in [3.63, 3.8) is 0 Å². The zero-order valence-corrected chi connectivity index (χ0v) is 8.76. The summed E-state index contributed by atoms with van der Waals surface area (Å²) in [5.41, 5.74) is 2.39. The second-order valence-electron chi connectivity index (χ2n) is 3.21. The first-order chi connectivity index (χ1) is 6.63. The van der Waals surface area contributed by atoms with Gasteiger partial charge in [0.15, 0.2) is 6.61 Å². The van der Waals surface area contributed by atoms with E-state index in [9.17, 15) is 4.79 Å². The lowest BCUT2D eigenvalue weighted by atomic mass is 10.1. The predicted molar refractivity (Wildman–Crippen MR) is 55.5 cm³/mol. The van der Waals surface area contributed by atoms with E-state index in [0.717, 1.165) is 5.75 Å². The standard InChI is InChI=1S/C11H15NO2/c1-8-4-5-10(6-9(8)2)14-7-11(13)12-3/h4-6H,7H2,1-3H3,(H,12,13).